The van der Waals surface area contributed by atoms with E-state index < -0.39 is 17.6 Å². The molecule has 6 heteroatoms. The van der Waals surface area contributed by atoms with Gasteiger partial charge >= 0.3 is 6.18 Å². The summed E-state index contributed by atoms with van der Waals surface area (Å²) in [4.78, 5) is 0. The van der Waals surface area contributed by atoms with E-state index in [1.807, 2.05) is 0 Å². The van der Waals surface area contributed by atoms with Crippen molar-refractivity contribution in [3.63, 3.8) is 0 Å². The fourth-order valence-corrected chi connectivity index (χ4v) is 2.97. The summed E-state index contributed by atoms with van der Waals surface area (Å²) in [7, 11) is 0. The second-order valence-electron chi connectivity index (χ2n) is 5.54. The molecule has 108 valence electrons. The highest BCUT2D eigenvalue weighted by atomic mass is 19.4. The standard InChI is InChI=1S/C13H19F3N2O/c14-13(15,16)10-3-1-5-12(7-10,9-17)18-8-11-4-2-6-19-11/h10-11,18H,1-8H2. The number of nitrogens with zero attached hydrogens (tertiary/aromatic N) is 1. The van der Waals surface area contributed by atoms with E-state index in [9.17, 15) is 18.4 Å². The first-order valence-corrected chi connectivity index (χ1v) is 6.80. The lowest BCUT2D eigenvalue weighted by atomic mass is 9.76. The molecule has 3 nitrogen and oxygen atoms in total. The molecule has 0 spiro atoms. The number of halogens is 3. The van der Waals surface area contributed by atoms with Gasteiger partial charge in [0.05, 0.1) is 18.1 Å². The van der Waals surface area contributed by atoms with Gasteiger partial charge in [0, 0.05) is 13.2 Å². The molecule has 1 saturated heterocycles. The molecule has 3 unspecified atom stereocenters. The molecular formula is C13H19F3N2O. The molecule has 1 heterocycles. The van der Waals surface area contributed by atoms with Crippen LogP contribution in [0.2, 0.25) is 0 Å². The molecule has 0 aromatic heterocycles. The highest BCUT2D eigenvalue weighted by molar-refractivity contribution is 5.10. The summed E-state index contributed by atoms with van der Waals surface area (Å²) >= 11 is 0. The largest absolute Gasteiger partial charge is 0.391 e. The van der Waals surface area contributed by atoms with E-state index in [-0.39, 0.29) is 18.9 Å². The summed E-state index contributed by atoms with van der Waals surface area (Å²) in [6.45, 7) is 1.18. The zero-order valence-corrected chi connectivity index (χ0v) is 10.8. The minimum atomic E-state index is -4.20. The first kappa shape index (κ1) is 14.6. The summed E-state index contributed by atoms with van der Waals surface area (Å²) in [6, 6.07) is 2.08. The third-order valence-electron chi connectivity index (χ3n) is 4.12. The number of ether oxygens (including phenoxy) is 1. The molecule has 1 aliphatic carbocycles. The topological polar surface area (TPSA) is 45.0 Å². The molecular weight excluding hydrogens is 257 g/mol. The number of alkyl halides is 3. The quantitative estimate of drug-likeness (QED) is 0.862. The Labute approximate surface area is 111 Å². The minimum Gasteiger partial charge on any atom is -0.377 e. The minimum absolute atomic E-state index is 0.0384. The zero-order valence-electron chi connectivity index (χ0n) is 10.8. The van der Waals surface area contributed by atoms with Crippen molar-refractivity contribution in [2.45, 2.75) is 56.3 Å². The van der Waals surface area contributed by atoms with E-state index in [2.05, 4.69) is 11.4 Å². The second kappa shape index (κ2) is 5.68. The van der Waals surface area contributed by atoms with Gasteiger partial charge in [-0.2, -0.15) is 18.4 Å². The van der Waals surface area contributed by atoms with Gasteiger partial charge in [0.25, 0.3) is 0 Å². The highest BCUT2D eigenvalue weighted by Crippen LogP contribution is 2.41. The zero-order chi connectivity index (χ0) is 13.9. The molecule has 2 aliphatic rings. The Bertz CT molecular complexity index is 347. The van der Waals surface area contributed by atoms with Crippen LogP contribution in [0.5, 0.6) is 0 Å². The Morgan fingerprint density at radius 3 is 2.68 bits per heavy atom. The maximum absolute atomic E-state index is 12.8. The first-order valence-electron chi connectivity index (χ1n) is 6.80. The van der Waals surface area contributed by atoms with Gasteiger partial charge in [-0.15, -0.1) is 0 Å². The molecule has 19 heavy (non-hydrogen) atoms. The second-order valence-corrected chi connectivity index (χ2v) is 5.54. The molecule has 0 radical (unpaired) electrons. The van der Waals surface area contributed by atoms with E-state index >= 15 is 0 Å². The first-order chi connectivity index (χ1) is 8.95. The van der Waals surface area contributed by atoms with E-state index in [0.717, 1.165) is 12.8 Å². The van der Waals surface area contributed by atoms with Crippen LogP contribution in [0.1, 0.15) is 38.5 Å². The Morgan fingerprint density at radius 2 is 2.11 bits per heavy atom. The van der Waals surface area contributed by atoms with Crippen molar-refractivity contribution >= 4 is 0 Å². The van der Waals surface area contributed by atoms with Crippen molar-refractivity contribution in [2.24, 2.45) is 5.92 Å². The molecule has 0 amide bonds. The van der Waals surface area contributed by atoms with Crippen LogP contribution in [0.15, 0.2) is 0 Å². The van der Waals surface area contributed by atoms with Gasteiger partial charge in [0.15, 0.2) is 0 Å². The van der Waals surface area contributed by atoms with Crippen LogP contribution >= 0.6 is 0 Å². The molecule has 0 bridgehead atoms. The molecule has 1 saturated carbocycles. The Kier molecular flexibility index (Phi) is 4.36. The van der Waals surface area contributed by atoms with Crippen LogP contribution in [0.4, 0.5) is 13.2 Å². The SMILES string of the molecule is N#CC1(NCC2CCCO2)CCCC(C(F)(F)F)C1. The van der Waals surface area contributed by atoms with Gasteiger partial charge in [-0.1, -0.05) is 0 Å². The maximum Gasteiger partial charge on any atom is 0.391 e. The molecule has 2 rings (SSSR count). The van der Waals surface area contributed by atoms with Gasteiger partial charge in [-0.05, 0) is 38.5 Å². The molecule has 2 fully saturated rings. The summed E-state index contributed by atoms with van der Waals surface area (Å²) in [5, 5.41) is 12.3. The van der Waals surface area contributed by atoms with Gasteiger partial charge in [0.1, 0.15) is 5.54 Å². The molecule has 0 aromatic carbocycles. The molecule has 0 aromatic rings. The third-order valence-corrected chi connectivity index (χ3v) is 4.12. The Hall–Kier alpha value is -0.800. The predicted octanol–water partition coefficient (Wildman–Crippen LogP) is 2.77. The predicted molar refractivity (Wildman–Crippen MR) is 63.3 cm³/mol. The van der Waals surface area contributed by atoms with Crippen molar-refractivity contribution in [3.8, 4) is 6.07 Å². The van der Waals surface area contributed by atoms with E-state index in [1.54, 1.807) is 0 Å². The highest BCUT2D eigenvalue weighted by Gasteiger charge is 2.47. The van der Waals surface area contributed by atoms with Crippen LogP contribution in [-0.2, 0) is 4.74 Å². The van der Waals surface area contributed by atoms with Gasteiger partial charge in [0.2, 0.25) is 0 Å². The fourth-order valence-electron chi connectivity index (χ4n) is 2.97. The fraction of sp³-hybridized carbons (Fsp3) is 0.923. The van der Waals surface area contributed by atoms with Crippen molar-refractivity contribution in [1.29, 1.82) is 5.26 Å². The number of nitriles is 1. The molecule has 1 N–H and O–H groups in total. The van der Waals surface area contributed by atoms with Crippen LogP contribution in [0.3, 0.4) is 0 Å². The lowest BCUT2D eigenvalue weighted by Gasteiger charge is -2.37. The third kappa shape index (κ3) is 3.61. The van der Waals surface area contributed by atoms with E-state index in [0.29, 0.717) is 26.0 Å². The summed E-state index contributed by atoms with van der Waals surface area (Å²) in [5.41, 5.74) is -1.04. The van der Waals surface area contributed by atoms with Crippen LogP contribution in [0, 0.1) is 17.2 Å². The number of hydrogen-bond acceptors (Lipinski definition) is 3. The van der Waals surface area contributed by atoms with Crippen LogP contribution in [0.25, 0.3) is 0 Å². The summed E-state index contributed by atoms with van der Waals surface area (Å²) in [5.74, 6) is -1.36. The number of rotatable bonds is 3. The molecule has 1 aliphatic heterocycles. The normalized spacial score (nSPS) is 36.1. The van der Waals surface area contributed by atoms with Gasteiger partial charge in [-0.25, -0.2) is 0 Å². The Balaban J connectivity index is 1.95. The van der Waals surface area contributed by atoms with Crippen molar-refractivity contribution in [3.05, 3.63) is 0 Å². The molecule has 3 atom stereocenters. The van der Waals surface area contributed by atoms with E-state index in [1.165, 1.54) is 0 Å². The van der Waals surface area contributed by atoms with Gasteiger partial charge in [-0.3, -0.25) is 5.32 Å². The lowest BCUT2D eigenvalue weighted by molar-refractivity contribution is -0.186. The van der Waals surface area contributed by atoms with E-state index in [4.69, 9.17) is 4.74 Å². The smallest absolute Gasteiger partial charge is 0.377 e. The average molecular weight is 276 g/mol. The van der Waals surface area contributed by atoms with Crippen LogP contribution in [-0.4, -0.2) is 31.0 Å². The monoisotopic (exact) mass is 276 g/mol. The van der Waals surface area contributed by atoms with Crippen molar-refractivity contribution in [1.82, 2.24) is 5.32 Å². The maximum atomic E-state index is 12.8. The van der Waals surface area contributed by atoms with Gasteiger partial charge < -0.3 is 4.74 Å². The van der Waals surface area contributed by atoms with Crippen molar-refractivity contribution in [2.75, 3.05) is 13.2 Å². The van der Waals surface area contributed by atoms with Crippen LogP contribution < -0.4 is 5.32 Å². The average Bonchev–Trinajstić information content (AvgIpc) is 2.89. The summed E-state index contributed by atoms with van der Waals surface area (Å²) in [6.07, 6.45) is -1.34. The Morgan fingerprint density at radius 1 is 1.32 bits per heavy atom. The number of nitrogens with one attached hydrogen (secondary N) is 1. The number of hydrogen-bond donors (Lipinski definition) is 1. The van der Waals surface area contributed by atoms with Crippen molar-refractivity contribution < 1.29 is 17.9 Å². The lowest BCUT2D eigenvalue weighted by Crippen LogP contribution is -2.51. The summed E-state index contributed by atoms with van der Waals surface area (Å²) < 4.78 is 43.8.